The molecule has 138 valence electrons. The molecule has 1 fully saturated rings. The number of urea groups is 1. The van der Waals surface area contributed by atoms with E-state index in [1.807, 2.05) is 42.5 Å². The third-order valence-electron chi connectivity index (χ3n) is 4.74. The van der Waals surface area contributed by atoms with Crippen LogP contribution in [0.5, 0.6) is 0 Å². The van der Waals surface area contributed by atoms with E-state index >= 15 is 0 Å². The molecule has 1 N–H and O–H groups in total. The summed E-state index contributed by atoms with van der Waals surface area (Å²) in [5.74, 6) is 1.03. The Morgan fingerprint density at radius 2 is 1.70 bits per heavy atom. The molecule has 0 atom stereocenters. The van der Waals surface area contributed by atoms with Crippen molar-refractivity contribution >= 4 is 28.5 Å². The fourth-order valence-corrected chi connectivity index (χ4v) is 3.31. The van der Waals surface area contributed by atoms with E-state index in [0.29, 0.717) is 43.3 Å². The highest BCUT2D eigenvalue weighted by Crippen LogP contribution is 2.21. The van der Waals surface area contributed by atoms with E-state index in [9.17, 15) is 9.59 Å². The first kappa shape index (κ1) is 17.1. The molecule has 0 saturated carbocycles. The molecular weight excluding hydrogens is 344 g/mol. The van der Waals surface area contributed by atoms with Gasteiger partial charge in [0.25, 0.3) is 5.91 Å². The van der Waals surface area contributed by atoms with Gasteiger partial charge in [-0.25, -0.2) is 4.79 Å². The molecule has 0 aliphatic carbocycles. The molecule has 4 rings (SSSR count). The minimum atomic E-state index is -0.236. The van der Waals surface area contributed by atoms with Crippen LogP contribution in [-0.4, -0.2) is 53.1 Å². The first-order chi connectivity index (χ1) is 13.1. The number of hydrogen-bond donors (Lipinski definition) is 1. The highest BCUT2D eigenvalue weighted by atomic mass is 16.5. The van der Waals surface area contributed by atoms with Gasteiger partial charge in [-0.15, -0.1) is 0 Å². The second-order valence-electron chi connectivity index (χ2n) is 6.56. The Hall–Kier alpha value is -3.35. The summed E-state index contributed by atoms with van der Waals surface area (Å²) in [6.07, 6.45) is 0. The van der Waals surface area contributed by atoms with E-state index < -0.39 is 0 Å². The van der Waals surface area contributed by atoms with Crippen molar-refractivity contribution in [2.24, 2.45) is 0 Å². The number of aromatic nitrogens is 1. The number of piperazine rings is 1. The van der Waals surface area contributed by atoms with Crippen molar-refractivity contribution < 1.29 is 14.1 Å². The Morgan fingerprint density at radius 3 is 2.44 bits per heavy atom. The smallest absolute Gasteiger partial charge is 0.323 e. The molecule has 3 amide bonds. The molecule has 1 saturated heterocycles. The third kappa shape index (κ3) is 3.48. The lowest BCUT2D eigenvalue weighted by Gasteiger charge is -2.34. The zero-order valence-electron chi connectivity index (χ0n) is 15.0. The SMILES string of the molecule is Cc1cc(NC(=O)N2CCN(C(=O)c3cccc4ccccc34)CC2)no1. The summed E-state index contributed by atoms with van der Waals surface area (Å²) < 4.78 is 4.95. The maximum absolute atomic E-state index is 13.0. The number of carbonyl (C=O) groups excluding carboxylic acids is 2. The van der Waals surface area contributed by atoms with Gasteiger partial charge in [0.1, 0.15) is 5.76 Å². The summed E-state index contributed by atoms with van der Waals surface area (Å²) in [5.41, 5.74) is 0.698. The zero-order chi connectivity index (χ0) is 18.8. The van der Waals surface area contributed by atoms with Crippen LogP contribution in [0, 0.1) is 6.92 Å². The maximum atomic E-state index is 13.0. The molecule has 1 aliphatic heterocycles. The molecule has 27 heavy (non-hydrogen) atoms. The summed E-state index contributed by atoms with van der Waals surface area (Å²) in [6, 6.07) is 15.1. The van der Waals surface area contributed by atoms with E-state index in [-0.39, 0.29) is 11.9 Å². The molecule has 7 heteroatoms. The summed E-state index contributed by atoms with van der Waals surface area (Å²) in [5, 5.41) is 8.47. The van der Waals surface area contributed by atoms with Gasteiger partial charge in [0.05, 0.1) is 0 Å². The number of rotatable bonds is 2. The number of fused-ring (bicyclic) bond motifs is 1. The molecule has 7 nitrogen and oxygen atoms in total. The quantitative estimate of drug-likeness (QED) is 0.758. The lowest BCUT2D eigenvalue weighted by molar-refractivity contribution is 0.0673. The van der Waals surface area contributed by atoms with Crippen LogP contribution in [-0.2, 0) is 0 Å². The van der Waals surface area contributed by atoms with E-state index in [0.717, 1.165) is 10.8 Å². The van der Waals surface area contributed by atoms with Crippen LogP contribution in [0.25, 0.3) is 10.8 Å². The summed E-state index contributed by atoms with van der Waals surface area (Å²) in [7, 11) is 0. The predicted molar refractivity (Wildman–Crippen MR) is 102 cm³/mol. The molecule has 2 aromatic carbocycles. The standard InChI is InChI=1S/C20H20N4O3/c1-14-13-18(22-27-14)21-20(26)24-11-9-23(10-12-24)19(25)17-8-4-6-15-5-2-3-7-16(15)17/h2-8,13H,9-12H2,1H3,(H,21,22,26). The fraction of sp³-hybridized carbons (Fsp3) is 0.250. The predicted octanol–water partition coefficient (Wildman–Crippen LogP) is 3.13. The Labute approximate surface area is 156 Å². The molecule has 0 radical (unpaired) electrons. The average molecular weight is 364 g/mol. The Kier molecular flexibility index (Phi) is 4.50. The Balaban J connectivity index is 1.41. The Morgan fingerprint density at radius 1 is 1.00 bits per heavy atom. The number of benzene rings is 2. The van der Waals surface area contributed by atoms with Gasteiger partial charge in [0.2, 0.25) is 0 Å². The lowest BCUT2D eigenvalue weighted by Crippen LogP contribution is -2.51. The Bertz CT molecular complexity index is 984. The van der Waals surface area contributed by atoms with Crippen molar-refractivity contribution in [1.29, 1.82) is 0 Å². The number of nitrogens with one attached hydrogen (secondary N) is 1. The molecule has 0 unspecified atom stereocenters. The topological polar surface area (TPSA) is 78.7 Å². The van der Waals surface area contributed by atoms with E-state index in [2.05, 4.69) is 10.5 Å². The summed E-state index contributed by atoms with van der Waals surface area (Å²) in [4.78, 5) is 28.8. The van der Waals surface area contributed by atoms with Crippen LogP contribution in [0.1, 0.15) is 16.1 Å². The van der Waals surface area contributed by atoms with E-state index in [4.69, 9.17) is 4.52 Å². The second-order valence-corrected chi connectivity index (χ2v) is 6.56. The largest absolute Gasteiger partial charge is 0.360 e. The van der Waals surface area contributed by atoms with Gasteiger partial charge < -0.3 is 14.3 Å². The van der Waals surface area contributed by atoms with Crippen LogP contribution in [0.3, 0.4) is 0 Å². The minimum Gasteiger partial charge on any atom is -0.360 e. The number of amides is 3. The van der Waals surface area contributed by atoms with Crippen molar-refractivity contribution in [3.05, 3.63) is 59.9 Å². The molecule has 0 spiro atoms. The molecule has 0 bridgehead atoms. The molecule has 1 aliphatic rings. The first-order valence-electron chi connectivity index (χ1n) is 8.88. The number of aryl methyl sites for hydroxylation is 1. The van der Waals surface area contributed by atoms with Gasteiger partial charge in [0.15, 0.2) is 5.82 Å². The van der Waals surface area contributed by atoms with E-state index in [1.165, 1.54) is 0 Å². The lowest BCUT2D eigenvalue weighted by atomic mass is 10.0. The number of nitrogens with zero attached hydrogens (tertiary/aromatic N) is 3. The molecule has 3 aromatic rings. The highest BCUT2D eigenvalue weighted by Gasteiger charge is 2.26. The number of hydrogen-bond acceptors (Lipinski definition) is 4. The van der Waals surface area contributed by atoms with Crippen LogP contribution in [0.15, 0.2) is 53.1 Å². The van der Waals surface area contributed by atoms with Gasteiger partial charge in [0, 0.05) is 37.8 Å². The maximum Gasteiger partial charge on any atom is 0.323 e. The normalized spacial score (nSPS) is 14.4. The molecule has 1 aromatic heterocycles. The number of anilines is 1. The van der Waals surface area contributed by atoms with Crippen molar-refractivity contribution in [2.45, 2.75) is 6.92 Å². The van der Waals surface area contributed by atoms with Crippen LogP contribution < -0.4 is 5.32 Å². The van der Waals surface area contributed by atoms with Crippen LogP contribution >= 0.6 is 0 Å². The van der Waals surface area contributed by atoms with Crippen molar-refractivity contribution in [3.8, 4) is 0 Å². The fourth-order valence-electron chi connectivity index (χ4n) is 3.31. The number of carbonyl (C=O) groups is 2. The molecule has 2 heterocycles. The monoisotopic (exact) mass is 364 g/mol. The second kappa shape index (κ2) is 7.11. The highest BCUT2D eigenvalue weighted by molar-refractivity contribution is 6.07. The molecular formula is C20H20N4O3. The van der Waals surface area contributed by atoms with E-state index in [1.54, 1.807) is 22.8 Å². The van der Waals surface area contributed by atoms with Crippen molar-refractivity contribution in [1.82, 2.24) is 15.0 Å². The van der Waals surface area contributed by atoms with Crippen molar-refractivity contribution in [3.63, 3.8) is 0 Å². The summed E-state index contributed by atoms with van der Waals surface area (Å²) in [6.45, 7) is 3.69. The third-order valence-corrected chi connectivity index (χ3v) is 4.74. The van der Waals surface area contributed by atoms with Gasteiger partial charge in [-0.2, -0.15) is 0 Å². The average Bonchev–Trinajstić information content (AvgIpc) is 3.11. The van der Waals surface area contributed by atoms with Gasteiger partial charge in [-0.1, -0.05) is 41.6 Å². The van der Waals surface area contributed by atoms with Crippen LogP contribution in [0.2, 0.25) is 0 Å². The van der Waals surface area contributed by atoms with Gasteiger partial charge in [-0.05, 0) is 23.8 Å². The van der Waals surface area contributed by atoms with Crippen molar-refractivity contribution in [2.75, 3.05) is 31.5 Å². The zero-order valence-corrected chi connectivity index (χ0v) is 15.0. The minimum absolute atomic E-state index is 0.000941. The first-order valence-corrected chi connectivity index (χ1v) is 8.88. The summed E-state index contributed by atoms with van der Waals surface area (Å²) >= 11 is 0. The van der Waals surface area contributed by atoms with Crippen LogP contribution in [0.4, 0.5) is 10.6 Å². The van der Waals surface area contributed by atoms with Gasteiger partial charge >= 0.3 is 6.03 Å². The van der Waals surface area contributed by atoms with Gasteiger partial charge in [-0.3, -0.25) is 10.1 Å².